The molecule has 0 aromatic heterocycles. The minimum absolute atomic E-state index is 0.0411. The summed E-state index contributed by atoms with van der Waals surface area (Å²) in [5.41, 5.74) is -0.199. The molecule has 0 radical (unpaired) electrons. The first-order valence-corrected chi connectivity index (χ1v) is 6.39. The molecule has 0 spiro atoms. The van der Waals surface area contributed by atoms with Crippen LogP contribution < -0.4 is 5.32 Å². The van der Waals surface area contributed by atoms with Gasteiger partial charge in [0.2, 0.25) is 5.91 Å². The van der Waals surface area contributed by atoms with Crippen molar-refractivity contribution in [3.63, 3.8) is 0 Å². The number of nitrogens with zero attached hydrogens (tertiary/aromatic N) is 1. The Balaban J connectivity index is 2.93. The number of amides is 2. The van der Waals surface area contributed by atoms with Crippen LogP contribution in [0.2, 0.25) is 5.02 Å². The zero-order valence-corrected chi connectivity index (χ0v) is 11.6. The summed E-state index contributed by atoms with van der Waals surface area (Å²) in [5.74, 6) is -1.56. The Morgan fingerprint density at radius 3 is 2.58 bits per heavy atom. The summed E-state index contributed by atoms with van der Waals surface area (Å²) in [6.45, 7) is 4.15. The van der Waals surface area contributed by atoms with Gasteiger partial charge in [-0.3, -0.25) is 9.59 Å². The number of hydrogen-bond acceptors (Lipinski definition) is 2. The van der Waals surface area contributed by atoms with Gasteiger partial charge in [0.05, 0.1) is 17.1 Å². The van der Waals surface area contributed by atoms with E-state index in [1.807, 2.05) is 0 Å². The van der Waals surface area contributed by atoms with E-state index in [0.717, 1.165) is 0 Å². The molecular weight excluding hydrogens is 271 g/mol. The fourth-order valence-corrected chi connectivity index (χ4v) is 1.86. The van der Waals surface area contributed by atoms with Gasteiger partial charge in [-0.05, 0) is 26.0 Å². The van der Waals surface area contributed by atoms with Crippen molar-refractivity contribution in [2.45, 2.75) is 13.8 Å². The van der Waals surface area contributed by atoms with Crippen LogP contribution >= 0.6 is 11.6 Å². The van der Waals surface area contributed by atoms with E-state index in [9.17, 15) is 14.0 Å². The highest BCUT2D eigenvalue weighted by Gasteiger charge is 2.22. The van der Waals surface area contributed by atoms with Gasteiger partial charge >= 0.3 is 0 Å². The van der Waals surface area contributed by atoms with Crippen molar-refractivity contribution in [2.75, 3.05) is 19.6 Å². The average Bonchev–Trinajstić information content (AvgIpc) is 2.35. The second-order valence-electron chi connectivity index (χ2n) is 3.87. The molecule has 1 N–H and O–H groups in total. The Morgan fingerprint density at radius 1 is 1.37 bits per heavy atom. The summed E-state index contributed by atoms with van der Waals surface area (Å²) in [7, 11) is 0. The quantitative estimate of drug-likeness (QED) is 0.901. The normalized spacial score (nSPS) is 10.1. The van der Waals surface area contributed by atoms with E-state index in [4.69, 9.17) is 11.6 Å². The molecule has 0 saturated carbocycles. The van der Waals surface area contributed by atoms with E-state index in [2.05, 4.69) is 5.32 Å². The van der Waals surface area contributed by atoms with Gasteiger partial charge in [-0.15, -0.1) is 0 Å². The van der Waals surface area contributed by atoms with Gasteiger partial charge in [-0.2, -0.15) is 0 Å². The molecule has 0 fully saturated rings. The van der Waals surface area contributed by atoms with Crippen LogP contribution in [0.25, 0.3) is 0 Å². The number of carbonyl (C=O) groups is 2. The Kier molecular flexibility index (Phi) is 5.76. The van der Waals surface area contributed by atoms with Gasteiger partial charge in [-0.25, -0.2) is 4.39 Å². The number of hydrogen-bond donors (Lipinski definition) is 1. The minimum Gasteiger partial charge on any atom is -0.355 e. The molecule has 104 valence electrons. The fraction of sp³-hybridized carbons (Fsp3) is 0.385. The molecule has 0 bridgehead atoms. The number of carbonyl (C=O) groups excluding carboxylic acids is 2. The first kappa shape index (κ1) is 15.4. The fourth-order valence-electron chi connectivity index (χ4n) is 1.61. The summed E-state index contributed by atoms with van der Waals surface area (Å²) in [6.07, 6.45) is 0. The summed E-state index contributed by atoms with van der Waals surface area (Å²) in [4.78, 5) is 24.9. The van der Waals surface area contributed by atoms with Gasteiger partial charge in [0, 0.05) is 13.1 Å². The Hall–Kier alpha value is -1.62. The third kappa shape index (κ3) is 3.92. The summed E-state index contributed by atoms with van der Waals surface area (Å²) in [6, 6.07) is 4.03. The van der Waals surface area contributed by atoms with E-state index in [1.165, 1.54) is 23.1 Å². The maximum atomic E-state index is 13.7. The molecule has 4 nitrogen and oxygen atoms in total. The Labute approximate surface area is 116 Å². The van der Waals surface area contributed by atoms with Crippen molar-refractivity contribution >= 4 is 23.4 Å². The molecule has 0 aliphatic carbocycles. The monoisotopic (exact) mass is 286 g/mol. The molecule has 1 aromatic rings. The van der Waals surface area contributed by atoms with Crippen LogP contribution in [0.5, 0.6) is 0 Å². The van der Waals surface area contributed by atoms with E-state index in [0.29, 0.717) is 13.1 Å². The highest BCUT2D eigenvalue weighted by molar-refractivity contribution is 6.33. The van der Waals surface area contributed by atoms with Crippen LogP contribution in [0.1, 0.15) is 24.2 Å². The molecule has 1 rings (SSSR count). The van der Waals surface area contributed by atoms with Crippen molar-refractivity contribution in [3.05, 3.63) is 34.6 Å². The van der Waals surface area contributed by atoms with Crippen molar-refractivity contribution in [2.24, 2.45) is 0 Å². The van der Waals surface area contributed by atoms with Crippen LogP contribution in [0.3, 0.4) is 0 Å². The molecular formula is C13H16ClFN2O2. The first-order valence-electron chi connectivity index (χ1n) is 6.01. The molecule has 0 atom stereocenters. The van der Waals surface area contributed by atoms with Crippen LogP contribution in [-0.2, 0) is 4.79 Å². The Bertz CT molecular complexity index is 459. The lowest BCUT2D eigenvalue weighted by molar-refractivity contribution is -0.121. The van der Waals surface area contributed by atoms with Gasteiger partial charge in [-0.1, -0.05) is 17.7 Å². The highest BCUT2D eigenvalue weighted by Crippen LogP contribution is 2.20. The van der Waals surface area contributed by atoms with Crippen LogP contribution in [-0.4, -0.2) is 36.3 Å². The number of rotatable bonds is 5. The van der Waals surface area contributed by atoms with Crippen molar-refractivity contribution in [1.82, 2.24) is 10.2 Å². The van der Waals surface area contributed by atoms with E-state index in [-0.39, 0.29) is 23.0 Å². The van der Waals surface area contributed by atoms with Crippen LogP contribution in [0, 0.1) is 5.82 Å². The predicted molar refractivity (Wildman–Crippen MR) is 71.7 cm³/mol. The Morgan fingerprint density at radius 2 is 2.05 bits per heavy atom. The van der Waals surface area contributed by atoms with Crippen molar-refractivity contribution in [1.29, 1.82) is 0 Å². The molecule has 19 heavy (non-hydrogen) atoms. The topological polar surface area (TPSA) is 49.4 Å². The smallest absolute Gasteiger partial charge is 0.258 e. The second-order valence-corrected chi connectivity index (χ2v) is 4.28. The molecule has 0 saturated heterocycles. The van der Waals surface area contributed by atoms with E-state index in [1.54, 1.807) is 13.8 Å². The predicted octanol–water partition coefficient (Wildman–Crippen LogP) is 2.08. The summed E-state index contributed by atoms with van der Waals surface area (Å²) >= 11 is 5.84. The van der Waals surface area contributed by atoms with Crippen LogP contribution in [0.15, 0.2) is 18.2 Å². The zero-order valence-electron chi connectivity index (χ0n) is 10.9. The first-order chi connectivity index (χ1) is 9.01. The molecule has 0 aliphatic heterocycles. The third-order valence-corrected chi connectivity index (χ3v) is 2.87. The lowest BCUT2D eigenvalue weighted by Crippen LogP contribution is -2.40. The molecule has 0 heterocycles. The molecule has 0 unspecified atom stereocenters. The lowest BCUT2D eigenvalue weighted by Gasteiger charge is -2.21. The number of halogens is 2. The standard InChI is InChI=1S/C13H16ClFN2O2/c1-3-16-11(18)8-17(4-2)13(19)12-9(14)6-5-7-10(12)15/h5-7H,3-4,8H2,1-2H3,(H,16,18). The third-order valence-electron chi connectivity index (χ3n) is 2.55. The SMILES string of the molecule is CCNC(=O)CN(CC)C(=O)c1c(F)cccc1Cl. The van der Waals surface area contributed by atoms with Crippen molar-refractivity contribution < 1.29 is 14.0 Å². The van der Waals surface area contributed by atoms with Gasteiger partial charge < -0.3 is 10.2 Å². The maximum Gasteiger partial charge on any atom is 0.258 e. The molecule has 2 amide bonds. The molecule has 6 heteroatoms. The maximum absolute atomic E-state index is 13.7. The van der Waals surface area contributed by atoms with Crippen LogP contribution in [0.4, 0.5) is 4.39 Å². The zero-order chi connectivity index (χ0) is 14.4. The van der Waals surface area contributed by atoms with Gasteiger partial charge in [0.1, 0.15) is 5.82 Å². The van der Waals surface area contributed by atoms with Gasteiger partial charge in [0.25, 0.3) is 5.91 Å². The highest BCUT2D eigenvalue weighted by atomic mass is 35.5. The second kappa shape index (κ2) is 7.09. The average molecular weight is 287 g/mol. The van der Waals surface area contributed by atoms with Crippen molar-refractivity contribution in [3.8, 4) is 0 Å². The minimum atomic E-state index is -0.688. The number of benzene rings is 1. The molecule has 0 aliphatic rings. The summed E-state index contributed by atoms with van der Waals surface area (Å²) < 4.78 is 13.7. The molecule has 1 aromatic carbocycles. The number of nitrogens with one attached hydrogen (secondary N) is 1. The summed E-state index contributed by atoms with van der Waals surface area (Å²) in [5, 5.41) is 2.63. The van der Waals surface area contributed by atoms with Gasteiger partial charge in [0.15, 0.2) is 0 Å². The number of likely N-dealkylation sites (N-methyl/N-ethyl adjacent to an activating group) is 2. The lowest BCUT2D eigenvalue weighted by atomic mass is 10.2. The largest absolute Gasteiger partial charge is 0.355 e. The van der Waals surface area contributed by atoms with E-state index < -0.39 is 11.7 Å². The van der Waals surface area contributed by atoms with E-state index >= 15 is 0 Å².